The van der Waals surface area contributed by atoms with E-state index >= 15 is 0 Å². The second-order valence-corrected chi connectivity index (χ2v) is 6.09. The second-order valence-electron chi connectivity index (χ2n) is 5.48. The molecule has 4 nitrogen and oxygen atoms in total. The first-order valence-electron chi connectivity index (χ1n) is 7.67. The van der Waals surface area contributed by atoms with Gasteiger partial charge in [0.2, 0.25) is 0 Å². The number of aromatic nitrogens is 2. The first-order valence-corrected chi connectivity index (χ1v) is 8.51. The van der Waals surface area contributed by atoms with Crippen molar-refractivity contribution in [1.82, 2.24) is 9.59 Å². The highest BCUT2D eigenvalue weighted by Gasteiger charge is 2.10. The van der Waals surface area contributed by atoms with Crippen molar-refractivity contribution in [2.45, 2.75) is 25.7 Å². The summed E-state index contributed by atoms with van der Waals surface area (Å²) >= 11 is 1.28. The first-order chi connectivity index (χ1) is 10.8. The minimum Gasteiger partial charge on any atom is -0.372 e. The van der Waals surface area contributed by atoms with Crippen molar-refractivity contribution in [3.05, 3.63) is 47.0 Å². The largest absolute Gasteiger partial charge is 0.372 e. The monoisotopic (exact) mass is 313 g/mol. The fourth-order valence-corrected chi connectivity index (χ4v) is 3.09. The third kappa shape index (κ3) is 3.80. The highest BCUT2D eigenvalue weighted by Crippen LogP contribution is 2.20. The summed E-state index contributed by atoms with van der Waals surface area (Å²) in [5.41, 5.74) is 2.64. The number of hydrogen-bond donors (Lipinski definition) is 0. The number of nitrogens with zero attached hydrogens (tertiary/aromatic N) is 3. The molecule has 5 heteroatoms. The van der Waals surface area contributed by atoms with E-state index in [1.165, 1.54) is 42.9 Å². The van der Waals surface area contributed by atoms with Crippen molar-refractivity contribution < 1.29 is 4.79 Å². The molecule has 3 rings (SSSR count). The highest BCUT2D eigenvalue weighted by molar-refractivity contribution is 7.03. The Bertz CT molecular complexity index is 626. The predicted molar refractivity (Wildman–Crippen MR) is 90.4 cm³/mol. The van der Waals surface area contributed by atoms with Crippen LogP contribution in [0.5, 0.6) is 0 Å². The molecule has 1 aromatic carbocycles. The van der Waals surface area contributed by atoms with Crippen molar-refractivity contribution in [3.63, 3.8) is 0 Å². The summed E-state index contributed by atoms with van der Waals surface area (Å²) in [6.45, 7) is 2.23. The van der Waals surface area contributed by atoms with Crippen LogP contribution in [0, 0.1) is 0 Å². The number of hydrogen-bond acceptors (Lipinski definition) is 5. The molecule has 2 aromatic rings. The lowest BCUT2D eigenvalue weighted by molar-refractivity contribution is 0.104. The van der Waals surface area contributed by atoms with Gasteiger partial charge in [-0.2, -0.15) is 0 Å². The summed E-state index contributed by atoms with van der Waals surface area (Å²) in [6.07, 6.45) is 8.41. The fourth-order valence-electron chi connectivity index (χ4n) is 2.67. The number of allylic oxidation sites excluding steroid dienone is 1. The van der Waals surface area contributed by atoms with Crippen molar-refractivity contribution in [2.24, 2.45) is 0 Å². The number of rotatable bonds is 4. The normalized spacial score (nSPS) is 15.9. The highest BCUT2D eigenvalue weighted by atomic mass is 32.1. The predicted octanol–water partition coefficient (Wildman–Crippen LogP) is 3.81. The van der Waals surface area contributed by atoms with Gasteiger partial charge in [0, 0.05) is 29.7 Å². The number of anilines is 1. The van der Waals surface area contributed by atoms with Crippen LogP contribution in [0.15, 0.2) is 35.7 Å². The van der Waals surface area contributed by atoms with Gasteiger partial charge in [-0.15, -0.1) is 5.10 Å². The number of carbonyl (C=O) groups is 1. The van der Waals surface area contributed by atoms with Crippen LogP contribution in [0.4, 0.5) is 5.69 Å². The number of ketones is 1. The van der Waals surface area contributed by atoms with E-state index in [1.54, 1.807) is 12.2 Å². The van der Waals surface area contributed by atoms with E-state index in [-0.39, 0.29) is 5.78 Å². The third-order valence-electron chi connectivity index (χ3n) is 3.91. The summed E-state index contributed by atoms with van der Waals surface area (Å²) in [4.78, 5) is 14.6. The molecule has 1 aliphatic heterocycles. The Hall–Kier alpha value is -2.01. The van der Waals surface area contributed by atoms with Gasteiger partial charge in [-0.1, -0.05) is 17.3 Å². The van der Waals surface area contributed by atoms with Crippen LogP contribution >= 0.6 is 11.5 Å². The summed E-state index contributed by atoms with van der Waals surface area (Å²) in [6, 6.07) is 7.92. The molecule has 22 heavy (non-hydrogen) atoms. The maximum atomic E-state index is 12.1. The second kappa shape index (κ2) is 7.31. The van der Waals surface area contributed by atoms with Crippen molar-refractivity contribution >= 4 is 29.1 Å². The Balaban J connectivity index is 1.66. The summed E-state index contributed by atoms with van der Waals surface area (Å²) in [5, 5.41) is 5.70. The molecule has 0 radical (unpaired) electrons. The average Bonchev–Trinajstić information content (AvgIpc) is 2.93. The van der Waals surface area contributed by atoms with E-state index in [4.69, 9.17) is 0 Å². The van der Waals surface area contributed by atoms with E-state index in [0.29, 0.717) is 5.56 Å². The minimum atomic E-state index is -0.00424. The van der Waals surface area contributed by atoms with Crippen LogP contribution in [0.1, 0.15) is 41.7 Å². The maximum absolute atomic E-state index is 12.1. The summed E-state index contributed by atoms with van der Waals surface area (Å²) in [7, 11) is 0. The van der Waals surface area contributed by atoms with Crippen LogP contribution in [0.3, 0.4) is 0 Å². The molecule has 1 aromatic heterocycles. The van der Waals surface area contributed by atoms with Crippen molar-refractivity contribution in [2.75, 3.05) is 18.0 Å². The maximum Gasteiger partial charge on any atom is 0.185 e. The van der Waals surface area contributed by atoms with Crippen LogP contribution in [-0.4, -0.2) is 28.5 Å². The van der Waals surface area contributed by atoms with Crippen molar-refractivity contribution in [1.29, 1.82) is 0 Å². The van der Waals surface area contributed by atoms with Gasteiger partial charge in [0.15, 0.2) is 5.78 Å². The lowest BCUT2D eigenvalue weighted by atomic mass is 10.1. The van der Waals surface area contributed by atoms with Gasteiger partial charge < -0.3 is 4.90 Å². The average molecular weight is 313 g/mol. The molecule has 0 N–H and O–H groups in total. The van der Waals surface area contributed by atoms with Crippen LogP contribution in [0.2, 0.25) is 0 Å². The molecule has 0 aliphatic carbocycles. The fraction of sp³-hybridized carbons (Fsp3) is 0.353. The standard InChI is InChI=1S/C17H19N3OS/c21-17(10-7-15-13-22-19-18-15)14-5-8-16(9-6-14)20-11-3-1-2-4-12-20/h5-10,13H,1-4,11-12H2/b10-7+. The third-order valence-corrected chi connectivity index (χ3v) is 4.43. The van der Waals surface area contributed by atoms with Crippen molar-refractivity contribution in [3.8, 4) is 0 Å². The molecule has 1 aliphatic rings. The van der Waals surface area contributed by atoms with E-state index in [0.717, 1.165) is 18.8 Å². The van der Waals surface area contributed by atoms with Gasteiger partial charge in [-0.05, 0) is 60.8 Å². The first kappa shape index (κ1) is 14.9. The zero-order valence-corrected chi connectivity index (χ0v) is 13.3. The van der Waals surface area contributed by atoms with Gasteiger partial charge in [0.05, 0.1) is 5.69 Å². The zero-order valence-electron chi connectivity index (χ0n) is 12.4. The molecule has 0 unspecified atom stereocenters. The molecule has 0 amide bonds. The van der Waals surface area contributed by atoms with E-state index in [2.05, 4.69) is 26.6 Å². The molecule has 114 valence electrons. The molecule has 0 atom stereocenters. The zero-order chi connectivity index (χ0) is 15.2. The Kier molecular flexibility index (Phi) is 4.96. The van der Waals surface area contributed by atoms with Gasteiger partial charge >= 0.3 is 0 Å². The minimum absolute atomic E-state index is 0.00424. The molecule has 2 heterocycles. The van der Waals surface area contributed by atoms with Crippen LogP contribution in [-0.2, 0) is 0 Å². The lowest BCUT2D eigenvalue weighted by Crippen LogP contribution is -2.23. The SMILES string of the molecule is O=C(/C=C/c1csnn1)c1ccc(N2CCCCCC2)cc1. The number of carbonyl (C=O) groups excluding carboxylic acids is 1. The van der Waals surface area contributed by atoms with Crippen LogP contribution in [0.25, 0.3) is 6.08 Å². The van der Waals surface area contributed by atoms with Gasteiger partial charge in [0.25, 0.3) is 0 Å². The Morgan fingerprint density at radius 2 is 1.82 bits per heavy atom. The Morgan fingerprint density at radius 3 is 2.45 bits per heavy atom. The molecular weight excluding hydrogens is 294 g/mol. The Labute approximate surface area is 134 Å². The van der Waals surface area contributed by atoms with E-state index < -0.39 is 0 Å². The molecular formula is C17H19N3OS. The molecule has 1 fully saturated rings. The summed E-state index contributed by atoms with van der Waals surface area (Å²) in [5.74, 6) is -0.00424. The van der Waals surface area contributed by atoms with E-state index in [9.17, 15) is 4.79 Å². The topological polar surface area (TPSA) is 46.1 Å². The molecule has 0 spiro atoms. The van der Waals surface area contributed by atoms with Gasteiger partial charge in [-0.25, -0.2) is 0 Å². The quantitative estimate of drug-likeness (QED) is 0.636. The lowest BCUT2D eigenvalue weighted by Gasteiger charge is -2.22. The smallest absolute Gasteiger partial charge is 0.185 e. The van der Waals surface area contributed by atoms with Gasteiger partial charge in [0.1, 0.15) is 0 Å². The number of benzene rings is 1. The Morgan fingerprint density at radius 1 is 1.09 bits per heavy atom. The molecule has 0 saturated carbocycles. The molecule has 0 bridgehead atoms. The summed E-state index contributed by atoms with van der Waals surface area (Å²) < 4.78 is 3.77. The van der Waals surface area contributed by atoms with Gasteiger partial charge in [-0.3, -0.25) is 4.79 Å². The molecule has 1 saturated heterocycles. The van der Waals surface area contributed by atoms with Crippen LogP contribution < -0.4 is 4.90 Å². The van der Waals surface area contributed by atoms with E-state index in [1.807, 2.05) is 17.5 Å².